The Kier molecular flexibility index (Phi) is 7.49. The van der Waals surface area contributed by atoms with Crippen molar-refractivity contribution in [2.75, 3.05) is 7.05 Å². The molecular weight excluding hydrogens is 580 g/mol. The molecule has 0 bridgehead atoms. The third-order valence-corrected chi connectivity index (χ3v) is 8.30. The molecule has 0 aliphatic carbocycles. The monoisotopic (exact) mass is 610 g/mol. The predicted molar refractivity (Wildman–Crippen MR) is 173 cm³/mol. The molecule has 8 heteroatoms. The molecule has 0 saturated heterocycles. The molecule has 0 radical (unpaired) electrons. The Morgan fingerprint density at radius 2 is 1.02 bits per heavy atom. The van der Waals surface area contributed by atoms with E-state index in [4.69, 9.17) is 9.47 Å². The molecule has 4 aromatic rings. The first-order chi connectivity index (χ1) is 22.0. The number of hydrogen-bond acceptors (Lipinski definition) is 6. The first-order valence-electron chi connectivity index (χ1n) is 14.5. The van der Waals surface area contributed by atoms with Gasteiger partial charge in [0.25, 0.3) is 23.6 Å². The van der Waals surface area contributed by atoms with E-state index in [2.05, 4.69) is 27.0 Å². The van der Waals surface area contributed by atoms with Crippen LogP contribution in [0.25, 0.3) is 0 Å². The van der Waals surface area contributed by atoms with Crippen LogP contribution in [0.3, 0.4) is 0 Å². The lowest BCUT2D eigenvalue weighted by Crippen LogP contribution is -2.28. The van der Waals surface area contributed by atoms with Crippen LogP contribution >= 0.6 is 0 Å². The number of rotatable bonds is 9. The first kappa shape index (κ1) is 30.0. The summed E-state index contributed by atoms with van der Waals surface area (Å²) in [5.74, 6) is 0.560. The number of allylic oxidation sites excluding steroid dienone is 3. The second-order valence-electron chi connectivity index (χ2n) is 11.4. The predicted octanol–water partition coefficient (Wildman–Crippen LogP) is 7.67. The lowest BCUT2D eigenvalue weighted by Gasteiger charge is -2.26. The van der Waals surface area contributed by atoms with Crippen LogP contribution in [0.1, 0.15) is 66.4 Å². The van der Waals surface area contributed by atoms with Gasteiger partial charge in [-0.2, -0.15) is 0 Å². The number of imide groups is 2. The maximum Gasteiger partial charge on any atom is 0.266 e. The van der Waals surface area contributed by atoms with Crippen LogP contribution in [-0.4, -0.2) is 40.5 Å². The van der Waals surface area contributed by atoms with Gasteiger partial charge in [-0.15, -0.1) is 0 Å². The van der Waals surface area contributed by atoms with Crippen LogP contribution in [0.5, 0.6) is 23.0 Å². The fourth-order valence-corrected chi connectivity index (χ4v) is 5.59. The number of benzene rings is 4. The zero-order valence-electron chi connectivity index (χ0n) is 25.6. The van der Waals surface area contributed by atoms with Gasteiger partial charge in [-0.1, -0.05) is 57.3 Å². The summed E-state index contributed by atoms with van der Waals surface area (Å²) in [5.41, 5.74) is 3.38. The minimum Gasteiger partial charge on any atom is -0.457 e. The largest absolute Gasteiger partial charge is 0.457 e. The minimum atomic E-state index is -0.446. The van der Waals surface area contributed by atoms with E-state index in [0.717, 1.165) is 20.9 Å². The normalized spacial score (nSPS) is 14.4. The molecule has 4 amide bonds. The first-order valence-corrected chi connectivity index (χ1v) is 14.5. The fourth-order valence-electron chi connectivity index (χ4n) is 5.59. The third kappa shape index (κ3) is 5.09. The van der Waals surface area contributed by atoms with E-state index in [1.54, 1.807) is 42.5 Å². The van der Waals surface area contributed by atoms with Gasteiger partial charge in [0.15, 0.2) is 0 Å². The number of carbonyl (C=O) groups excluding carboxylic acids is 4. The molecular formula is C38H30N2O6. The smallest absolute Gasteiger partial charge is 0.266 e. The van der Waals surface area contributed by atoms with Gasteiger partial charge >= 0.3 is 0 Å². The van der Waals surface area contributed by atoms with Crippen LogP contribution in [0, 0.1) is 0 Å². The van der Waals surface area contributed by atoms with Crippen LogP contribution in [-0.2, 0) is 5.41 Å². The Morgan fingerprint density at radius 3 is 1.50 bits per heavy atom. The average Bonchev–Trinajstić information content (AvgIpc) is 3.43. The number of hydrogen-bond donors (Lipinski definition) is 0. The molecule has 46 heavy (non-hydrogen) atoms. The van der Waals surface area contributed by atoms with Crippen LogP contribution in [0.15, 0.2) is 122 Å². The zero-order valence-corrected chi connectivity index (χ0v) is 25.6. The van der Waals surface area contributed by atoms with Crippen molar-refractivity contribution in [1.29, 1.82) is 0 Å². The molecule has 228 valence electrons. The van der Waals surface area contributed by atoms with E-state index in [0.29, 0.717) is 45.4 Å². The Bertz CT molecular complexity index is 1990. The summed E-state index contributed by atoms with van der Waals surface area (Å²) in [5, 5.41) is 0. The highest BCUT2D eigenvalue weighted by Crippen LogP contribution is 2.36. The summed E-state index contributed by atoms with van der Waals surface area (Å²) < 4.78 is 12.0. The molecule has 0 aromatic heterocycles. The molecule has 4 aromatic carbocycles. The number of fused-ring (bicyclic) bond motifs is 2. The molecule has 2 aliphatic rings. The molecule has 0 N–H and O–H groups in total. The Labute approximate surface area is 266 Å². The minimum absolute atomic E-state index is 0.261. The fraction of sp³-hybridized carbons (Fsp3) is 0.105. The van der Waals surface area contributed by atoms with Crippen molar-refractivity contribution in [2.24, 2.45) is 0 Å². The van der Waals surface area contributed by atoms with E-state index in [9.17, 15) is 19.2 Å². The molecule has 2 aliphatic heterocycles. The number of carbonyl (C=O) groups is 4. The van der Waals surface area contributed by atoms with Crippen molar-refractivity contribution in [3.05, 3.63) is 155 Å². The van der Waals surface area contributed by atoms with Gasteiger partial charge in [-0.25, -0.2) is 4.90 Å². The number of nitrogens with zero attached hydrogens (tertiary/aromatic N) is 2. The van der Waals surface area contributed by atoms with Crippen LogP contribution in [0.2, 0.25) is 0 Å². The van der Waals surface area contributed by atoms with E-state index in [-0.39, 0.29) is 22.8 Å². The van der Waals surface area contributed by atoms with Gasteiger partial charge in [0.1, 0.15) is 23.0 Å². The Hall–Kier alpha value is -6.02. The summed E-state index contributed by atoms with van der Waals surface area (Å²) in [6.07, 6.45) is 4.49. The second kappa shape index (κ2) is 11.5. The Balaban J connectivity index is 1.14. The maximum absolute atomic E-state index is 13.1. The third-order valence-electron chi connectivity index (χ3n) is 8.30. The molecule has 6 rings (SSSR count). The molecule has 0 atom stereocenters. The maximum atomic E-state index is 13.1. The van der Waals surface area contributed by atoms with E-state index in [1.807, 2.05) is 48.5 Å². The summed E-state index contributed by atoms with van der Waals surface area (Å²) >= 11 is 0. The molecule has 0 saturated carbocycles. The quantitative estimate of drug-likeness (QED) is 0.143. The SMILES string of the molecule is C=C/C=C(\C=C)N1C(=O)c2ccc(Oc3ccc(C(C)(C)c4ccc(Oc5ccc6c(c5)C(=O)N(C)C6=O)cc4)cc3)cc2C1=O. The standard InChI is InChI=1S/C38H30N2O6/c1-6-8-25(7-2)40-36(43)31-20-18-29(22-33(31)37(40)44)46-27-15-11-24(12-16-27)38(3,4)23-9-13-26(14-10-23)45-28-17-19-30-32(21-28)35(42)39(5)34(30)41/h6-22H,1-2H2,3-5H3/b25-8+. The van der Waals surface area contributed by atoms with Crippen molar-refractivity contribution >= 4 is 23.6 Å². The topological polar surface area (TPSA) is 93.2 Å². The molecule has 0 spiro atoms. The van der Waals surface area contributed by atoms with Gasteiger partial charge in [0.2, 0.25) is 0 Å². The van der Waals surface area contributed by atoms with Gasteiger partial charge < -0.3 is 9.47 Å². The highest BCUT2D eigenvalue weighted by Gasteiger charge is 2.37. The highest BCUT2D eigenvalue weighted by molar-refractivity contribution is 6.23. The van der Waals surface area contributed by atoms with Gasteiger partial charge in [-0.3, -0.25) is 24.1 Å². The van der Waals surface area contributed by atoms with E-state index < -0.39 is 11.8 Å². The molecule has 2 heterocycles. The summed E-state index contributed by atoms with van der Waals surface area (Å²) in [4.78, 5) is 52.6. The Morgan fingerprint density at radius 1 is 0.609 bits per heavy atom. The lowest BCUT2D eigenvalue weighted by atomic mass is 9.78. The van der Waals surface area contributed by atoms with E-state index in [1.165, 1.54) is 19.2 Å². The summed E-state index contributed by atoms with van der Waals surface area (Å²) in [7, 11) is 1.46. The summed E-state index contributed by atoms with van der Waals surface area (Å²) in [6, 6.07) is 25.1. The van der Waals surface area contributed by atoms with Crippen molar-refractivity contribution in [3.8, 4) is 23.0 Å². The van der Waals surface area contributed by atoms with Crippen molar-refractivity contribution in [3.63, 3.8) is 0 Å². The number of ether oxygens (including phenoxy) is 2. The molecule has 0 fully saturated rings. The van der Waals surface area contributed by atoms with Gasteiger partial charge in [0.05, 0.1) is 28.0 Å². The number of amides is 4. The second-order valence-corrected chi connectivity index (χ2v) is 11.4. The molecule has 0 unspecified atom stereocenters. The van der Waals surface area contributed by atoms with Gasteiger partial charge in [0, 0.05) is 12.5 Å². The van der Waals surface area contributed by atoms with E-state index >= 15 is 0 Å². The average molecular weight is 611 g/mol. The van der Waals surface area contributed by atoms with Crippen LogP contribution in [0.4, 0.5) is 0 Å². The highest BCUT2D eigenvalue weighted by atomic mass is 16.5. The van der Waals surface area contributed by atoms with Crippen molar-refractivity contribution < 1.29 is 28.7 Å². The van der Waals surface area contributed by atoms with Crippen LogP contribution < -0.4 is 9.47 Å². The van der Waals surface area contributed by atoms with Gasteiger partial charge in [-0.05, 0) is 83.9 Å². The zero-order chi connectivity index (χ0) is 32.7. The van der Waals surface area contributed by atoms with Crippen molar-refractivity contribution in [2.45, 2.75) is 19.3 Å². The molecule has 8 nitrogen and oxygen atoms in total. The van der Waals surface area contributed by atoms with Crippen molar-refractivity contribution in [1.82, 2.24) is 9.80 Å². The summed E-state index contributed by atoms with van der Waals surface area (Å²) in [6.45, 7) is 11.6. The lowest BCUT2D eigenvalue weighted by molar-refractivity contribution is 0.0683.